The van der Waals surface area contributed by atoms with Crippen LogP contribution in [-0.4, -0.2) is 19.7 Å². The molecular weight excluding hydrogens is 359 g/mol. The van der Waals surface area contributed by atoms with Crippen LogP contribution in [0, 0.1) is 5.82 Å². The maximum Gasteiger partial charge on any atom is 0.139 e. The lowest BCUT2D eigenvalue weighted by atomic mass is 10.3. The van der Waals surface area contributed by atoms with Crippen LogP contribution in [0.5, 0.6) is 0 Å². The summed E-state index contributed by atoms with van der Waals surface area (Å²) in [4.78, 5) is 4.43. The molecule has 4 nitrogen and oxygen atoms in total. The molecule has 21 heavy (non-hydrogen) atoms. The highest BCUT2D eigenvalue weighted by atomic mass is 79.9. The molecule has 1 unspecified atom stereocenters. The number of imidazole rings is 1. The van der Waals surface area contributed by atoms with Gasteiger partial charge in [0.15, 0.2) is 0 Å². The van der Waals surface area contributed by atoms with Crippen molar-refractivity contribution in [1.82, 2.24) is 19.7 Å². The van der Waals surface area contributed by atoms with Crippen molar-refractivity contribution >= 4 is 38.6 Å². The van der Waals surface area contributed by atoms with E-state index in [2.05, 4.69) is 31.1 Å². The fourth-order valence-electron chi connectivity index (χ4n) is 2.19. The quantitative estimate of drug-likeness (QED) is 0.654. The number of nitrogens with zero attached hydrogens (tertiary/aromatic N) is 4. The lowest BCUT2D eigenvalue weighted by Crippen LogP contribution is -2.07. The highest BCUT2D eigenvalue weighted by Crippen LogP contribution is 2.28. The summed E-state index contributed by atoms with van der Waals surface area (Å²) in [5.74, 6) is 0.329. The lowest BCUT2D eigenvalue weighted by Gasteiger charge is -2.09. The van der Waals surface area contributed by atoms with E-state index < -0.39 is 0 Å². The molecule has 2 aromatic heterocycles. The molecule has 0 spiro atoms. The van der Waals surface area contributed by atoms with Crippen molar-refractivity contribution in [1.29, 1.82) is 0 Å². The Hall–Kier alpha value is -1.53. The Kier molecular flexibility index (Phi) is 3.91. The maximum absolute atomic E-state index is 13.7. The van der Waals surface area contributed by atoms with Gasteiger partial charge in [-0.3, -0.25) is 0 Å². The molecule has 0 saturated carbocycles. The average Bonchev–Trinajstić information content (AvgIpc) is 2.79. The third kappa shape index (κ3) is 2.78. The predicted octanol–water partition coefficient (Wildman–Crippen LogP) is 4.08. The molecule has 1 atom stereocenters. The van der Waals surface area contributed by atoms with Crippen molar-refractivity contribution in [2.45, 2.75) is 18.8 Å². The number of alkyl halides is 1. The van der Waals surface area contributed by atoms with Gasteiger partial charge in [-0.15, -0.1) is 11.6 Å². The summed E-state index contributed by atoms with van der Waals surface area (Å²) in [7, 11) is 0. The summed E-state index contributed by atoms with van der Waals surface area (Å²) in [5.41, 5.74) is 2.16. The van der Waals surface area contributed by atoms with Crippen molar-refractivity contribution in [3.05, 3.63) is 52.3 Å². The zero-order valence-corrected chi connectivity index (χ0v) is 13.4. The molecular formula is C14H11BrClFN4. The standard InChI is InChI=1S/C14H11BrClFN4/c1-8(16)14-19-12-6-11(17)10(15)5-13(12)21(14)7-9-3-2-4-18-20-9/h2-6,8H,7H2,1H3. The fourth-order valence-corrected chi connectivity index (χ4v) is 2.69. The molecule has 1 aromatic carbocycles. The highest BCUT2D eigenvalue weighted by molar-refractivity contribution is 9.10. The molecule has 0 aliphatic rings. The topological polar surface area (TPSA) is 43.6 Å². The molecule has 0 aliphatic heterocycles. The molecule has 2 heterocycles. The van der Waals surface area contributed by atoms with E-state index in [0.29, 0.717) is 22.4 Å². The minimum absolute atomic E-state index is 0.295. The van der Waals surface area contributed by atoms with Crippen molar-refractivity contribution in [3.8, 4) is 0 Å². The first kappa shape index (κ1) is 14.4. The number of rotatable bonds is 3. The Morgan fingerprint density at radius 2 is 2.24 bits per heavy atom. The molecule has 0 aliphatic carbocycles. The van der Waals surface area contributed by atoms with Crippen LogP contribution in [0.4, 0.5) is 4.39 Å². The number of aromatic nitrogens is 4. The minimum Gasteiger partial charge on any atom is -0.321 e. The smallest absolute Gasteiger partial charge is 0.139 e. The average molecular weight is 370 g/mol. The van der Waals surface area contributed by atoms with Crippen LogP contribution in [0.1, 0.15) is 23.8 Å². The number of benzene rings is 1. The lowest BCUT2D eigenvalue weighted by molar-refractivity contribution is 0.622. The van der Waals surface area contributed by atoms with Crippen LogP contribution in [0.2, 0.25) is 0 Å². The van der Waals surface area contributed by atoms with Gasteiger partial charge in [0.1, 0.15) is 11.6 Å². The van der Waals surface area contributed by atoms with E-state index in [1.54, 1.807) is 12.3 Å². The summed E-state index contributed by atoms with van der Waals surface area (Å²) in [6.45, 7) is 2.32. The monoisotopic (exact) mass is 368 g/mol. The number of hydrogen-bond acceptors (Lipinski definition) is 3. The molecule has 108 valence electrons. The summed E-state index contributed by atoms with van der Waals surface area (Å²) in [5, 5.41) is 7.64. The number of hydrogen-bond donors (Lipinski definition) is 0. The van der Waals surface area contributed by atoms with Crippen molar-refractivity contribution in [2.75, 3.05) is 0 Å². The Morgan fingerprint density at radius 3 is 2.90 bits per heavy atom. The van der Waals surface area contributed by atoms with Crippen molar-refractivity contribution in [2.24, 2.45) is 0 Å². The van der Waals surface area contributed by atoms with Crippen LogP contribution in [0.3, 0.4) is 0 Å². The van der Waals surface area contributed by atoms with Gasteiger partial charge in [0.2, 0.25) is 0 Å². The van der Waals surface area contributed by atoms with E-state index in [9.17, 15) is 4.39 Å². The normalized spacial score (nSPS) is 12.8. The summed E-state index contributed by atoms with van der Waals surface area (Å²) < 4.78 is 16.0. The molecule has 3 rings (SSSR count). The van der Waals surface area contributed by atoms with Gasteiger partial charge in [-0.25, -0.2) is 9.37 Å². The van der Waals surface area contributed by atoms with Gasteiger partial charge < -0.3 is 4.57 Å². The molecule has 0 bridgehead atoms. The van der Waals surface area contributed by atoms with E-state index in [1.165, 1.54) is 6.07 Å². The van der Waals surface area contributed by atoms with Gasteiger partial charge in [0.25, 0.3) is 0 Å². The molecule has 0 fully saturated rings. The van der Waals surface area contributed by atoms with Crippen LogP contribution in [-0.2, 0) is 6.54 Å². The molecule has 0 saturated heterocycles. The summed E-state index contributed by atoms with van der Waals surface area (Å²) >= 11 is 9.41. The number of halogens is 3. The van der Waals surface area contributed by atoms with Crippen LogP contribution in [0.15, 0.2) is 34.9 Å². The van der Waals surface area contributed by atoms with Crippen LogP contribution >= 0.6 is 27.5 Å². The second-order valence-corrected chi connectivity index (χ2v) is 6.15. The first-order valence-electron chi connectivity index (χ1n) is 6.32. The third-order valence-electron chi connectivity index (χ3n) is 3.12. The largest absolute Gasteiger partial charge is 0.321 e. The summed E-state index contributed by atoms with van der Waals surface area (Å²) in [6.07, 6.45) is 1.62. The second-order valence-electron chi connectivity index (χ2n) is 4.64. The second kappa shape index (κ2) is 5.69. The Bertz CT molecular complexity index is 789. The SMILES string of the molecule is CC(Cl)c1nc2cc(F)c(Br)cc2n1Cc1cccnn1. The van der Waals surface area contributed by atoms with Crippen LogP contribution < -0.4 is 0 Å². The fraction of sp³-hybridized carbons (Fsp3) is 0.214. The molecule has 0 radical (unpaired) electrons. The van der Waals surface area contributed by atoms with Gasteiger partial charge in [-0.05, 0) is 41.1 Å². The first-order valence-corrected chi connectivity index (χ1v) is 7.55. The molecule has 0 amide bonds. The molecule has 0 N–H and O–H groups in total. The Balaban J connectivity index is 2.18. The van der Waals surface area contributed by atoms with E-state index in [0.717, 1.165) is 11.2 Å². The van der Waals surface area contributed by atoms with E-state index in [1.807, 2.05) is 23.6 Å². The van der Waals surface area contributed by atoms with Crippen molar-refractivity contribution in [3.63, 3.8) is 0 Å². The zero-order valence-electron chi connectivity index (χ0n) is 11.1. The molecule has 7 heteroatoms. The van der Waals surface area contributed by atoms with Gasteiger partial charge >= 0.3 is 0 Å². The number of fused-ring (bicyclic) bond motifs is 1. The Labute approximate surface area is 134 Å². The minimum atomic E-state index is -0.347. The van der Waals surface area contributed by atoms with Crippen LogP contribution in [0.25, 0.3) is 11.0 Å². The van der Waals surface area contributed by atoms with E-state index >= 15 is 0 Å². The highest BCUT2D eigenvalue weighted by Gasteiger charge is 2.17. The zero-order chi connectivity index (χ0) is 15.0. The van der Waals surface area contributed by atoms with Gasteiger partial charge in [0, 0.05) is 12.3 Å². The molecule has 3 aromatic rings. The van der Waals surface area contributed by atoms with E-state index in [-0.39, 0.29) is 11.2 Å². The predicted molar refractivity (Wildman–Crippen MR) is 82.8 cm³/mol. The first-order chi connectivity index (χ1) is 10.1. The maximum atomic E-state index is 13.7. The van der Waals surface area contributed by atoms with Gasteiger partial charge in [-0.2, -0.15) is 10.2 Å². The third-order valence-corrected chi connectivity index (χ3v) is 3.93. The van der Waals surface area contributed by atoms with Gasteiger partial charge in [-0.1, -0.05) is 0 Å². The Morgan fingerprint density at radius 1 is 1.43 bits per heavy atom. The van der Waals surface area contributed by atoms with Crippen molar-refractivity contribution < 1.29 is 4.39 Å². The summed E-state index contributed by atoms with van der Waals surface area (Å²) in [6, 6.07) is 6.80. The van der Waals surface area contributed by atoms with E-state index in [4.69, 9.17) is 11.6 Å². The van der Waals surface area contributed by atoms with Gasteiger partial charge in [0.05, 0.1) is 33.1 Å².